The minimum atomic E-state index is -0.608. The van der Waals surface area contributed by atoms with Gasteiger partial charge in [-0.1, -0.05) is 42.1 Å². The number of amides is 1. The molecule has 0 spiro atoms. The maximum absolute atomic E-state index is 14.2. The maximum Gasteiger partial charge on any atom is 0.235 e. The van der Waals surface area contributed by atoms with Crippen molar-refractivity contribution in [1.82, 2.24) is 14.8 Å². The molecule has 2 aromatic carbocycles. The van der Waals surface area contributed by atoms with E-state index in [9.17, 15) is 14.4 Å². The van der Waals surface area contributed by atoms with Crippen LogP contribution >= 0.6 is 23.1 Å². The molecule has 2 aromatic heterocycles. The van der Waals surface area contributed by atoms with Gasteiger partial charge < -0.3 is 10.1 Å². The van der Waals surface area contributed by atoms with Gasteiger partial charge in [-0.3, -0.25) is 9.36 Å². The van der Waals surface area contributed by atoms with Gasteiger partial charge in [-0.05, 0) is 62.4 Å². The van der Waals surface area contributed by atoms with Crippen LogP contribution in [0, 0.1) is 17.1 Å². The van der Waals surface area contributed by atoms with Crippen LogP contribution < -0.4 is 10.1 Å². The Morgan fingerprint density at radius 3 is 2.73 bits per heavy atom. The predicted octanol–water partition coefficient (Wildman–Crippen LogP) is 6.09. The molecule has 1 unspecified atom stereocenters. The van der Waals surface area contributed by atoms with E-state index in [1.165, 1.54) is 34.0 Å². The first-order chi connectivity index (χ1) is 18.0. The van der Waals surface area contributed by atoms with Crippen molar-refractivity contribution in [2.24, 2.45) is 0 Å². The Bertz CT molecular complexity index is 1460. The number of rotatable bonds is 8. The summed E-state index contributed by atoms with van der Waals surface area (Å²) in [5, 5.41) is 22.4. The summed E-state index contributed by atoms with van der Waals surface area (Å²) in [6.07, 6.45) is 3.41. The van der Waals surface area contributed by atoms with E-state index in [1.54, 1.807) is 25.1 Å². The Hall–Kier alpha value is -3.68. The highest BCUT2D eigenvalue weighted by Crippen LogP contribution is 2.38. The van der Waals surface area contributed by atoms with Gasteiger partial charge in [0.15, 0.2) is 28.7 Å². The predicted molar refractivity (Wildman–Crippen MR) is 142 cm³/mol. The molecule has 1 N–H and O–H groups in total. The number of fused-ring (bicyclic) bond motifs is 1. The van der Waals surface area contributed by atoms with Crippen LogP contribution in [0.1, 0.15) is 47.7 Å². The van der Waals surface area contributed by atoms with E-state index >= 15 is 0 Å². The first-order valence-corrected chi connectivity index (χ1v) is 13.7. The minimum Gasteiger partial charge on any atom is -0.480 e. The molecule has 0 saturated heterocycles. The van der Waals surface area contributed by atoms with E-state index in [1.807, 2.05) is 34.9 Å². The molecule has 188 valence electrons. The number of nitriles is 1. The number of halogens is 1. The number of nitrogens with one attached hydrogen (secondary N) is 1. The van der Waals surface area contributed by atoms with Crippen molar-refractivity contribution in [3.63, 3.8) is 0 Å². The summed E-state index contributed by atoms with van der Waals surface area (Å²) in [5.74, 6) is 0.00696. The summed E-state index contributed by atoms with van der Waals surface area (Å²) in [6.45, 7) is 1.78. The van der Waals surface area contributed by atoms with Crippen LogP contribution in [0.3, 0.4) is 0 Å². The molecule has 1 aliphatic carbocycles. The molecule has 5 rings (SSSR count). The van der Waals surface area contributed by atoms with Crippen LogP contribution in [0.2, 0.25) is 0 Å². The van der Waals surface area contributed by atoms with E-state index in [0.717, 1.165) is 36.9 Å². The molecular weight excluding hydrogens is 509 g/mol. The summed E-state index contributed by atoms with van der Waals surface area (Å²) in [6, 6.07) is 18.0. The molecule has 1 aliphatic rings. The number of hydrogen-bond acceptors (Lipinski definition) is 7. The summed E-state index contributed by atoms with van der Waals surface area (Å²) >= 11 is 2.74. The number of anilines is 1. The number of carbonyl (C=O) groups is 1. The van der Waals surface area contributed by atoms with Crippen molar-refractivity contribution in [3.05, 3.63) is 82.2 Å². The summed E-state index contributed by atoms with van der Waals surface area (Å²) in [4.78, 5) is 14.1. The summed E-state index contributed by atoms with van der Waals surface area (Å²) in [7, 11) is 0. The number of thioether (sulfide) groups is 1. The van der Waals surface area contributed by atoms with Crippen LogP contribution in [-0.2, 0) is 17.6 Å². The molecule has 10 heteroatoms. The number of nitrogens with zero attached hydrogens (tertiary/aromatic N) is 4. The Morgan fingerprint density at radius 1 is 1.19 bits per heavy atom. The zero-order valence-corrected chi connectivity index (χ0v) is 21.7. The van der Waals surface area contributed by atoms with Crippen molar-refractivity contribution >= 4 is 34.0 Å². The second kappa shape index (κ2) is 11.2. The van der Waals surface area contributed by atoms with Crippen molar-refractivity contribution in [3.8, 4) is 17.5 Å². The number of aryl methyl sites for hydroxylation is 1. The lowest BCUT2D eigenvalue weighted by Crippen LogP contribution is -2.15. The number of aromatic nitrogens is 3. The van der Waals surface area contributed by atoms with Gasteiger partial charge >= 0.3 is 0 Å². The highest BCUT2D eigenvalue weighted by Gasteiger charge is 2.24. The van der Waals surface area contributed by atoms with Gasteiger partial charge in [0.1, 0.15) is 11.1 Å². The number of thiophene rings is 1. The fraction of sp³-hybridized carbons (Fsp3) is 0.259. The van der Waals surface area contributed by atoms with Gasteiger partial charge in [0.05, 0.1) is 11.3 Å². The third-order valence-corrected chi connectivity index (χ3v) is 8.18. The van der Waals surface area contributed by atoms with Crippen molar-refractivity contribution in [2.45, 2.75) is 43.9 Å². The highest BCUT2D eigenvalue weighted by atomic mass is 32.2. The molecule has 0 saturated carbocycles. The number of hydrogen-bond donors (Lipinski definition) is 1. The standard InChI is InChI=1S/C27H24FN5O2S2/c1-17(35-22-13-7-6-12-21(22)28)25-31-32-27(33(25)18-9-3-2-4-10-18)36-16-24(34)30-26-20(15-29)19-11-5-8-14-23(19)37-26/h2-4,6-7,9-10,12-13,17H,5,8,11,14,16H2,1H3,(H,30,34). The van der Waals surface area contributed by atoms with Crippen molar-refractivity contribution in [1.29, 1.82) is 5.26 Å². The third-order valence-electron chi connectivity index (χ3n) is 6.05. The van der Waals surface area contributed by atoms with E-state index in [-0.39, 0.29) is 17.4 Å². The number of benzene rings is 2. The maximum atomic E-state index is 14.2. The smallest absolute Gasteiger partial charge is 0.235 e. The number of ether oxygens (including phenoxy) is 1. The Morgan fingerprint density at radius 2 is 1.95 bits per heavy atom. The quantitative estimate of drug-likeness (QED) is 0.276. The Kier molecular flexibility index (Phi) is 7.53. The Balaban J connectivity index is 1.35. The van der Waals surface area contributed by atoms with E-state index in [0.29, 0.717) is 21.5 Å². The molecule has 0 bridgehead atoms. The topological polar surface area (TPSA) is 92.8 Å². The molecule has 2 heterocycles. The Labute approximate surface area is 222 Å². The third kappa shape index (κ3) is 5.38. The number of carbonyl (C=O) groups excluding carboxylic acids is 1. The summed E-state index contributed by atoms with van der Waals surface area (Å²) in [5.41, 5.74) is 2.47. The van der Waals surface area contributed by atoms with E-state index in [4.69, 9.17) is 4.74 Å². The molecule has 1 atom stereocenters. The van der Waals surface area contributed by atoms with Crippen molar-refractivity contribution < 1.29 is 13.9 Å². The molecule has 7 nitrogen and oxygen atoms in total. The lowest BCUT2D eigenvalue weighted by atomic mass is 9.96. The molecule has 0 aliphatic heterocycles. The van der Waals surface area contributed by atoms with Gasteiger partial charge in [0.25, 0.3) is 0 Å². The lowest BCUT2D eigenvalue weighted by molar-refractivity contribution is -0.113. The van der Waals surface area contributed by atoms with Gasteiger partial charge in [-0.15, -0.1) is 21.5 Å². The van der Waals surface area contributed by atoms with Gasteiger partial charge in [-0.25, -0.2) is 4.39 Å². The average Bonchev–Trinajstić information content (AvgIpc) is 3.50. The van der Waals surface area contributed by atoms with Crippen LogP contribution in [0.5, 0.6) is 5.75 Å². The summed E-state index contributed by atoms with van der Waals surface area (Å²) < 4.78 is 21.9. The minimum absolute atomic E-state index is 0.0843. The highest BCUT2D eigenvalue weighted by molar-refractivity contribution is 7.99. The monoisotopic (exact) mass is 533 g/mol. The molecular formula is C27H24FN5O2S2. The zero-order chi connectivity index (χ0) is 25.8. The van der Waals surface area contributed by atoms with E-state index < -0.39 is 11.9 Å². The molecule has 4 aromatic rings. The first-order valence-electron chi connectivity index (χ1n) is 11.9. The van der Waals surface area contributed by atoms with Crippen LogP contribution in [0.25, 0.3) is 5.69 Å². The first kappa shape index (κ1) is 25.0. The van der Waals surface area contributed by atoms with Gasteiger partial charge in [-0.2, -0.15) is 5.26 Å². The zero-order valence-electron chi connectivity index (χ0n) is 20.1. The second-order valence-electron chi connectivity index (χ2n) is 8.57. The van der Waals surface area contributed by atoms with Crippen LogP contribution in [-0.4, -0.2) is 26.4 Å². The SMILES string of the molecule is CC(Oc1ccccc1F)c1nnc(SCC(=O)Nc2sc3c(c2C#N)CCCC3)n1-c1ccccc1. The lowest BCUT2D eigenvalue weighted by Gasteiger charge is -2.17. The largest absolute Gasteiger partial charge is 0.480 e. The molecule has 0 radical (unpaired) electrons. The normalized spacial score (nSPS) is 13.4. The van der Waals surface area contributed by atoms with Gasteiger partial charge in [0, 0.05) is 10.6 Å². The van der Waals surface area contributed by atoms with E-state index in [2.05, 4.69) is 21.6 Å². The molecule has 0 fully saturated rings. The van der Waals surface area contributed by atoms with Gasteiger partial charge in [0.2, 0.25) is 5.91 Å². The fourth-order valence-corrected chi connectivity index (χ4v) is 6.32. The molecule has 1 amide bonds. The van der Waals surface area contributed by atoms with Crippen LogP contribution in [0.15, 0.2) is 59.8 Å². The fourth-order valence-electron chi connectivity index (χ4n) is 4.31. The molecule has 37 heavy (non-hydrogen) atoms. The average molecular weight is 534 g/mol. The van der Waals surface area contributed by atoms with Crippen molar-refractivity contribution in [2.75, 3.05) is 11.1 Å². The number of para-hydroxylation sites is 2. The van der Waals surface area contributed by atoms with Crippen LogP contribution in [0.4, 0.5) is 9.39 Å². The second-order valence-corrected chi connectivity index (χ2v) is 10.6.